The van der Waals surface area contributed by atoms with Crippen molar-refractivity contribution in [1.82, 2.24) is 15.1 Å². The van der Waals surface area contributed by atoms with Gasteiger partial charge in [0.2, 0.25) is 5.91 Å². The minimum absolute atomic E-state index is 0.243. The fourth-order valence-corrected chi connectivity index (χ4v) is 3.18. The predicted molar refractivity (Wildman–Crippen MR) is 83.6 cm³/mol. The summed E-state index contributed by atoms with van der Waals surface area (Å²) in [5.41, 5.74) is 4.98. The van der Waals surface area contributed by atoms with E-state index in [1.807, 2.05) is 20.8 Å². The molecule has 0 aromatic heterocycles. The second kappa shape index (κ2) is 6.87. The number of likely N-dealkylation sites (tertiary alicyclic amines) is 1. The molecule has 0 radical (unpaired) electrons. The van der Waals surface area contributed by atoms with Crippen LogP contribution < -0.4 is 11.1 Å². The van der Waals surface area contributed by atoms with Crippen LogP contribution in [0.5, 0.6) is 0 Å². The molecule has 0 bridgehead atoms. The quantitative estimate of drug-likeness (QED) is 0.720. The maximum Gasteiger partial charge on any atom is 0.237 e. The number of nitrogens with one attached hydrogen (secondary N) is 1. The third kappa shape index (κ3) is 4.43. The average molecular weight is 284 g/mol. The lowest BCUT2D eigenvalue weighted by atomic mass is 9.91. The summed E-state index contributed by atoms with van der Waals surface area (Å²) in [5, 5.41) is 3.33. The number of nitrogens with two attached hydrogens (primary N) is 1. The van der Waals surface area contributed by atoms with Gasteiger partial charge in [-0.3, -0.25) is 9.69 Å². The van der Waals surface area contributed by atoms with Crippen molar-refractivity contribution in [3.05, 3.63) is 0 Å². The van der Waals surface area contributed by atoms with Crippen LogP contribution in [-0.4, -0.2) is 66.6 Å². The number of primary amides is 1. The van der Waals surface area contributed by atoms with Gasteiger partial charge in [0.05, 0.1) is 5.54 Å². The zero-order valence-corrected chi connectivity index (χ0v) is 13.9. The summed E-state index contributed by atoms with van der Waals surface area (Å²) in [6, 6.07) is 1.21. The average Bonchev–Trinajstić information content (AvgIpc) is 2.76. The summed E-state index contributed by atoms with van der Waals surface area (Å²) in [7, 11) is 4.26. The molecule has 3 N–H and O–H groups in total. The lowest BCUT2D eigenvalue weighted by Crippen LogP contribution is -2.58. The zero-order valence-electron chi connectivity index (χ0n) is 13.9. The van der Waals surface area contributed by atoms with E-state index < -0.39 is 5.54 Å². The van der Waals surface area contributed by atoms with Crippen molar-refractivity contribution in [2.45, 2.75) is 64.2 Å². The molecular weight excluding hydrogens is 252 g/mol. The number of carbonyl (C=O) groups is 1. The Labute approximate surface area is 123 Å². The number of hydrogen-bond acceptors (Lipinski definition) is 4. The molecule has 1 rings (SSSR count). The van der Waals surface area contributed by atoms with Crippen molar-refractivity contribution in [2.24, 2.45) is 5.73 Å². The van der Waals surface area contributed by atoms with Crippen LogP contribution in [0, 0.1) is 0 Å². The smallest absolute Gasteiger partial charge is 0.237 e. The first-order valence-electron chi connectivity index (χ1n) is 7.64. The van der Waals surface area contributed by atoms with E-state index in [-0.39, 0.29) is 11.9 Å². The summed E-state index contributed by atoms with van der Waals surface area (Å²) >= 11 is 0. The van der Waals surface area contributed by atoms with Gasteiger partial charge in [0, 0.05) is 31.2 Å². The summed E-state index contributed by atoms with van der Waals surface area (Å²) in [6.07, 6.45) is 1.95. The Morgan fingerprint density at radius 3 is 2.45 bits per heavy atom. The van der Waals surface area contributed by atoms with Gasteiger partial charge in [0.1, 0.15) is 0 Å². The second-order valence-electron chi connectivity index (χ2n) is 6.95. The predicted octanol–water partition coefficient (Wildman–Crippen LogP) is 0.643. The van der Waals surface area contributed by atoms with Crippen LogP contribution in [0.1, 0.15) is 40.5 Å². The second-order valence-corrected chi connectivity index (χ2v) is 6.95. The Morgan fingerprint density at radius 1 is 1.45 bits per heavy atom. The summed E-state index contributed by atoms with van der Waals surface area (Å²) in [6.45, 7) is 10.4. The van der Waals surface area contributed by atoms with Crippen LogP contribution >= 0.6 is 0 Å². The van der Waals surface area contributed by atoms with E-state index in [4.69, 9.17) is 5.73 Å². The largest absolute Gasteiger partial charge is 0.368 e. The third-order valence-corrected chi connectivity index (χ3v) is 4.40. The van der Waals surface area contributed by atoms with E-state index in [0.29, 0.717) is 12.1 Å². The molecule has 3 unspecified atom stereocenters. The summed E-state index contributed by atoms with van der Waals surface area (Å²) in [5.74, 6) is -0.263. The van der Waals surface area contributed by atoms with Crippen molar-refractivity contribution < 1.29 is 4.79 Å². The van der Waals surface area contributed by atoms with E-state index in [2.05, 4.69) is 36.1 Å². The fraction of sp³-hybridized carbons (Fsp3) is 0.933. The molecule has 1 fully saturated rings. The molecule has 0 aromatic carbocycles. The van der Waals surface area contributed by atoms with Gasteiger partial charge in [0.15, 0.2) is 0 Å². The van der Waals surface area contributed by atoms with Crippen LogP contribution in [0.3, 0.4) is 0 Å². The van der Waals surface area contributed by atoms with Crippen LogP contribution in [0.4, 0.5) is 0 Å². The van der Waals surface area contributed by atoms with Crippen molar-refractivity contribution in [3.63, 3.8) is 0 Å². The summed E-state index contributed by atoms with van der Waals surface area (Å²) in [4.78, 5) is 16.6. The Bertz CT molecular complexity index is 332. The van der Waals surface area contributed by atoms with Gasteiger partial charge in [-0.15, -0.1) is 0 Å². The van der Waals surface area contributed by atoms with Gasteiger partial charge >= 0.3 is 0 Å². The molecule has 3 atom stereocenters. The molecule has 0 spiro atoms. The first kappa shape index (κ1) is 17.4. The molecule has 1 amide bonds. The standard InChI is InChI=1S/C15H32N4O/c1-11(2)17-15(4,14(16)20)9-12(3)19-8-7-13(10-19)18(5)6/h11-13,17H,7-10H2,1-6H3,(H2,16,20). The number of carbonyl (C=O) groups excluding carboxylic acids is 1. The number of nitrogens with zero attached hydrogens (tertiary/aromatic N) is 2. The molecular formula is C15H32N4O. The third-order valence-electron chi connectivity index (χ3n) is 4.40. The number of likely N-dealkylation sites (N-methyl/N-ethyl adjacent to an activating group) is 1. The Hall–Kier alpha value is -0.650. The Kier molecular flexibility index (Phi) is 5.98. The van der Waals surface area contributed by atoms with Crippen LogP contribution in [0.2, 0.25) is 0 Å². The van der Waals surface area contributed by atoms with E-state index in [9.17, 15) is 4.79 Å². The lowest BCUT2D eigenvalue weighted by Gasteiger charge is -2.35. The van der Waals surface area contributed by atoms with Crippen LogP contribution in [-0.2, 0) is 4.79 Å². The minimum atomic E-state index is -0.635. The van der Waals surface area contributed by atoms with Gasteiger partial charge in [-0.2, -0.15) is 0 Å². The highest BCUT2D eigenvalue weighted by molar-refractivity contribution is 5.84. The molecule has 0 aromatic rings. The first-order valence-corrected chi connectivity index (χ1v) is 7.64. The maximum absolute atomic E-state index is 11.8. The minimum Gasteiger partial charge on any atom is -0.368 e. The number of hydrogen-bond donors (Lipinski definition) is 2. The summed E-state index contributed by atoms with van der Waals surface area (Å²) < 4.78 is 0. The van der Waals surface area contributed by atoms with Crippen molar-refractivity contribution in [1.29, 1.82) is 0 Å². The van der Waals surface area contributed by atoms with E-state index >= 15 is 0 Å². The van der Waals surface area contributed by atoms with Crippen molar-refractivity contribution in [2.75, 3.05) is 27.2 Å². The monoisotopic (exact) mass is 284 g/mol. The van der Waals surface area contributed by atoms with E-state index in [1.165, 1.54) is 6.42 Å². The fourth-order valence-electron chi connectivity index (χ4n) is 3.18. The topological polar surface area (TPSA) is 61.6 Å². The molecule has 1 saturated heterocycles. The molecule has 1 heterocycles. The first-order chi connectivity index (χ1) is 9.15. The molecule has 0 saturated carbocycles. The molecule has 5 heteroatoms. The van der Waals surface area contributed by atoms with Gasteiger partial charge in [-0.05, 0) is 54.6 Å². The molecule has 5 nitrogen and oxygen atoms in total. The Morgan fingerprint density at radius 2 is 2.05 bits per heavy atom. The van der Waals surface area contributed by atoms with Crippen LogP contribution in [0.25, 0.3) is 0 Å². The molecule has 118 valence electrons. The SMILES string of the molecule is CC(C)NC(C)(CC(C)N1CCC(N(C)C)C1)C(N)=O. The maximum atomic E-state index is 11.8. The molecule has 1 aliphatic heterocycles. The van der Waals surface area contributed by atoms with Gasteiger partial charge < -0.3 is 16.0 Å². The number of rotatable bonds is 7. The Balaban J connectivity index is 2.63. The van der Waals surface area contributed by atoms with Gasteiger partial charge in [-0.1, -0.05) is 0 Å². The molecule has 0 aliphatic carbocycles. The van der Waals surface area contributed by atoms with Crippen molar-refractivity contribution in [3.8, 4) is 0 Å². The highest BCUT2D eigenvalue weighted by Gasteiger charge is 2.36. The normalized spacial score (nSPS) is 25.1. The van der Waals surface area contributed by atoms with E-state index in [1.54, 1.807) is 0 Å². The van der Waals surface area contributed by atoms with Crippen molar-refractivity contribution >= 4 is 5.91 Å². The lowest BCUT2D eigenvalue weighted by molar-refractivity contribution is -0.124. The highest BCUT2D eigenvalue weighted by atomic mass is 16.1. The number of amides is 1. The van der Waals surface area contributed by atoms with E-state index in [0.717, 1.165) is 19.5 Å². The molecule has 1 aliphatic rings. The highest BCUT2D eigenvalue weighted by Crippen LogP contribution is 2.22. The van der Waals surface area contributed by atoms with Gasteiger partial charge in [-0.25, -0.2) is 0 Å². The van der Waals surface area contributed by atoms with Crippen LogP contribution in [0.15, 0.2) is 0 Å². The molecule has 20 heavy (non-hydrogen) atoms. The van der Waals surface area contributed by atoms with Gasteiger partial charge in [0.25, 0.3) is 0 Å². The zero-order chi connectivity index (χ0) is 15.5.